The number of halogens is 1. The summed E-state index contributed by atoms with van der Waals surface area (Å²) < 4.78 is 0. The van der Waals surface area contributed by atoms with Crippen LogP contribution >= 0.6 is 23.8 Å². The Hall–Kier alpha value is -2.51. The minimum atomic E-state index is -0.565. The quantitative estimate of drug-likeness (QED) is 0.503. The zero-order valence-corrected chi connectivity index (χ0v) is 13.4. The number of thiocarbonyl (C=S) groups is 1. The van der Waals surface area contributed by atoms with Crippen molar-refractivity contribution in [1.82, 2.24) is 10.6 Å². The number of non-ortho nitro benzene ring substituents is 1. The summed E-state index contributed by atoms with van der Waals surface area (Å²) in [6, 6.07) is 12.6. The maximum atomic E-state index is 12.0. The lowest BCUT2D eigenvalue weighted by atomic mass is 10.2. The molecule has 0 aliphatic heterocycles. The van der Waals surface area contributed by atoms with E-state index < -0.39 is 10.8 Å². The molecule has 0 saturated heterocycles. The van der Waals surface area contributed by atoms with Crippen LogP contribution in [0.2, 0.25) is 5.02 Å². The minimum absolute atomic E-state index is 0.112. The molecular formula is C15H12ClN3O3S. The SMILES string of the molecule is O=C(NC(=S)NCc1ccccc1Cl)c1cccc([N+](=O)[O-])c1. The summed E-state index contributed by atoms with van der Waals surface area (Å²) in [5.41, 5.74) is 0.829. The highest BCUT2D eigenvalue weighted by molar-refractivity contribution is 7.80. The molecular weight excluding hydrogens is 338 g/mol. The van der Waals surface area contributed by atoms with Crippen molar-refractivity contribution >= 4 is 40.5 Å². The largest absolute Gasteiger partial charge is 0.358 e. The third-order valence-electron chi connectivity index (χ3n) is 2.94. The molecule has 23 heavy (non-hydrogen) atoms. The maximum Gasteiger partial charge on any atom is 0.270 e. The lowest BCUT2D eigenvalue weighted by Gasteiger charge is -2.10. The molecule has 0 saturated carbocycles. The number of nitrogens with one attached hydrogen (secondary N) is 2. The van der Waals surface area contributed by atoms with Gasteiger partial charge in [0.2, 0.25) is 0 Å². The molecule has 0 fully saturated rings. The van der Waals surface area contributed by atoms with Crippen LogP contribution in [0.5, 0.6) is 0 Å². The molecule has 0 bridgehead atoms. The molecule has 118 valence electrons. The first-order valence-electron chi connectivity index (χ1n) is 6.54. The van der Waals surface area contributed by atoms with Gasteiger partial charge in [0.05, 0.1) is 4.92 Å². The summed E-state index contributed by atoms with van der Waals surface area (Å²) in [6.45, 7) is 0.355. The Balaban J connectivity index is 1.95. The summed E-state index contributed by atoms with van der Waals surface area (Å²) in [5.74, 6) is -0.523. The Bertz CT molecular complexity index is 767. The Labute approximate surface area is 142 Å². The number of carbonyl (C=O) groups excluding carboxylic acids is 1. The number of carbonyl (C=O) groups is 1. The number of nitro benzene ring substituents is 1. The van der Waals surface area contributed by atoms with Gasteiger partial charge in [-0.05, 0) is 29.9 Å². The second-order valence-electron chi connectivity index (χ2n) is 4.54. The first-order chi connectivity index (χ1) is 11.0. The number of nitrogens with zero attached hydrogens (tertiary/aromatic N) is 1. The molecule has 2 aromatic carbocycles. The predicted molar refractivity (Wildman–Crippen MR) is 91.5 cm³/mol. The van der Waals surface area contributed by atoms with E-state index in [2.05, 4.69) is 10.6 Å². The molecule has 0 unspecified atom stereocenters. The number of amides is 1. The van der Waals surface area contributed by atoms with Crippen molar-refractivity contribution < 1.29 is 9.72 Å². The second-order valence-corrected chi connectivity index (χ2v) is 5.35. The Morgan fingerprint density at radius 2 is 1.96 bits per heavy atom. The molecule has 2 N–H and O–H groups in total. The molecule has 0 aliphatic rings. The van der Waals surface area contributed by atoms with E-state index in [-0.39, 0.29) is 16.4 Å². The smallest absolute Gasteiger partial charge is 0.270 e. The van der Waals surface area contributed by atoms with Gasteiger partial charge < -0.3 is 5.32 Å². The van der Waals surface area contributed by atoms with E-state index in [0.717, 1.165) is 5.56 Å². The fourth-order valence-electron chi connectivity index (χ4n) is 1.80. The van der Waals surface area contributed by atoms with Crippen molar-refractivity contribution in [3.8, 4) is 0 Å². The summed E-state index contributed by atoms with van der Waals surface area (Å²) in [4.78, 5) is 22.2. The van der Waals surface area contributed by atoms with Crippen LogP contribution < -0.4 is 10.6 Å². The summed E-state index contributed by atoms with van der Waals surface area (Å²) >= 11 is 11.1. The van der Waals surface area contributed by atoms with Gasteiger partial charge in [-0.15, -0.1) is 0 Å². The molecule has 1 amide bonds. The van der Waals surface area contributed by atoms with Crippen molar-refractivity contribution in [3.05, 3.63) is 74.8 Å². The molecule has 2 aromatic rings. The summed E-state index contributed by atoms with van der Waals surface area (Å²) in [7, 11) is 0. The third kappa shape index (κ3) is 4.73. The van der Waals surface area contributed by atoms with Crippen molar-refractivity contribution in [1.29, 1.82) is 0 Å². The average molecular weight is 350 g/mol. The van der Waals surface area contributed by atoms with Crippen LogP contribution in [0.15, 0.2) is 48.5 Å². The fourth-order valence-corrected chi connectivity index (χ4v) is 2.16. The summed E-state index contributed by atoms with van der Waals surface area (Å²) in [5, 5.41) is 16.7. The van der Waals surface area contributed by atoms with Crippen LogP contribution in [0.3, 0.4) is 0 Å². The zero-order chi connectivity index (χ0) is 16.8. The molecule has 2 rings (SSSR count). The van der Waals surface area contributed by atoms with Gasteiger partial charge in [-0.2, -0.15) is 0 Å². The van der Waals surface area contributed by atoms with Crippen molar-refractivity contribution in [3.63, 3.8) is 0 Å². The van der Waals surface area contributed by atoms with Gasteiger partial charge in [-0.3, -0.25) is 20.2 Å². The molecule has 0 atom stereocenters. The zero-order valence-electron chi connectivity index (χ0n) is 11.8. The Kier molecular flexibility index (Phi) is 5.61. The van der Waals surface area contributed by atoms with Crippen LogP contribution in [0.25, 0.3) is 0 Å². The topological polar surface area (TPSA) is 84.3 Å². The van der Waals surface area contributed by atoms with Gasteiger partial charge >= 0.3 is 0 Å². The standard InChI is InChI=1S/C15H12ClN3O3S/c16-13-7-2-1-4-11(13)9-17-15(23)18-14(20)10-5-3-6-12(8-10)19(21)22/h1-8H,9H2,(H2,17,18,20,23). The van der Waals surface area contributed by atoms with Crippen LogP contribution in [0.4, 0.5) is 5.69 Å². The number of nitro groups is 1. The van der Waals surface area contributed by atoms with E-state index in [9.17, 15) is 14.9 Å². The number of hydrogen-bond acceptors (Lipinski definition) is 4. The Morgan fingerprint density at radius 3 is 2.65 bits per heavy atom. The van der Waals surface area contributed by atoms with E-state index in [4.69, 9.17) is 23.8 Å². The van der Waals surface area contributed by atoms with Crippen molar-refractivity contribution in [2.75, 3.05) is 0 Å². The van der Waals surface area contributed by atoms with E-state index in [0.29, 0.717) is 11.6 Å². The average Bonchev–Trinajstić information content (AvgIpc) is 2.54. The highest BCUT2D eigenvalue weighted by Crippen LogP contribution is 2.14. The number of benzene rings is 2. The van der Waals surface area contributed by atoms with Crippen molar-refractivity contribution in [2.45, 2.75) is 6.54 Å². The molecule has 0 radical (unpaired) electrons. The van der Waals surface area contributed by atoms with Crippen LogP contribution in [0, 0.1) is 10.1 Å². The van der Waals surface area contributed by atoms with Gasteiger partial charge in [-0.25, -0.2) is 0 Å². The van der Waals surface area contributed by atoms with Gasteiger partial charge in [0.1, 0.15) is 0 Å². The maximum absolute atomic E-state index is 12.0. The van der Waals surface area contributed by atoms with E-state index in [1.807, 2.05) is 18.2 Å². The molecule has 0 spiro atoms. The fraction of sp³-hybridized carbons (Fsp3) is 0.0667. The summed E-state index contributed by atoms with van der Waals surface area (Å²) in [6.07, 6.45) is 0. The normalized spacial score (nSPS) is 9.96. The second kappa shape index (κ2) is 7.66. The lowest BCUT2D eigenvalue weighted by molar-refractivity contribution is -0.384. The van der Waals surface area contributed by atoms with Gasteiger partial charge in [-0.1, -0.05) is 35.9 Å². The van der Waals surface area contributed by atoms with E-state index in [1.165, 1.54) is 24.3 Å². The highest BCUT2D eigenvalue weighted by Gasteiger charge is 2.12. The van der Waals surface area contributed by atoms with Crippen molar-refractivity contribution in [2.24, 2.45) is 0 Å². The minimum Gasteiger partial charge on any atom is -0.358 e. The lowest BCUT2D eigenvalue weighted by Crippen LogP contribution is -2.38. The predicted octanol–water partition coefficient (Wildman–Crippen LogP) is 3.05. The molecule has 0 aromatic heterocycles. The van der Waals surface area contributed by atoms with Crippen LogP contribution in [-0.2, 0) is 6.54 Å². The van der Waals surface area contributed by atoms with Gasteiger partial charge in [0.25, 0.3) is 11.6 Å². The van der Waals surface area contributed by atoms with Gasteiger partial charge in [0.15, 0.2) is 5.11 Å². The number of rotatable bonds is 4. The molecule has 6 nitrogen and oxygen atoms in total. The third-order valence-corrected chi connectivity index (χ3v) is 3.56. The van der Waals surface area contributed by atoms with E-state index >= 15 is 0 Å². The first kappa shape index (κ1) is 16.9. The highest BCUT2D eigenvalue weighted by atomic mass is 35.5. The van der Waals surface area contributed by atoms with E-state index in [1.54, 1.807) is 6.07 Å². The molecule has 0 heterocycles. The van der Waals surface area contributed by atoms with Gasteiger partial charge in [0, 0.05) is 29.3 Å². The van der Waals surface area contributed by atoms with Crippen LogP contribution in [-0.4, -0.2) is 15.9 Å². The van der Waals surface area contributed by atoms with Crippen LogP contribution in [0.1, 0.15) is 15.9 Å². The molecule has 0 aliphatic carbocycles. The molecule has 8 heteroatoms. The number of hydrogen-bond donors (Lipinski definition) is 2. The Morgan fingerprint density at radius 1 is 1.22 bits per heavy atom. The monoisotopic (exact) mass is 349 g/mol. The first-order valence-corrected chi connectivity index (χ1v) is 7.33.